The van der Waals surface area contributed by atoms with E-state index in [1.54, 1.807) is 0 Å². The van der Waals surface area contributed by atoms with Crippen LogP contribution in [-0.2, 0) is 0 Å². The van der Waals surface area contributed by atoms with Crippen LogP contribution in [0.1, 0.15) is 43.0 Å². The van der Waals surface area contributed by atoms with Crippen molar-refractivity contribution >= 4 is 22.3 Å². The van der Waals surface area contributed by atoms with E-state index in [1.807, 2.05) is 10.9 Å². The Labute approximate surface area is 141 Å². The van der Waals surface area contributed by atoms with Gasteiger partial charge in [0.1, 0.15) is 5.52 Å². The summed E-state index contributed by atoms with van der Waals surface area (Å²) in [6.07, 6.45) is 2.84. The highest BCUT2D eigenvalue weighted by molar-refractivity contribution is 6.10. The molecule has 0 amide bonds. The van der Waals surface area contributed by atoms with Crippen molar-refractivity contribution in [3.8, 4) is 0 Å². The molecule has 0 unspecified atom stereocenters. The van der Waals surface area contributed by atoms with E-state index in [-0.39, 0.29) is 0 Å². The van der Waals surface area contributed by atoms with Gasteiger partial charge in [-0.1, -0.05) is 41.1 Å². The smallest absolute Gasteiger partial charge is 0.113 e. The molecule has 2 heterocycles. The highest BCUT2D eigenvalue weighted by atomic mass is 15.4. The highest BCUT2D eigenvalue weighted by Gasteiger charge is 2.16. The molecule has 0 aliphatic carbocycles. The summed E-state index contributed by atoms with van der Waals surface area (Å²) in [6, 6.07) is 15.2. The Kier molecular flexibility index (Phi) is 3.53. The third-order valence-electron chi connectivity index (χ3n) is 4.45. The van der Waals surface area contributed by atoms with Crippen molar-refractivity contribution in [3.63, 3.8) is 0 Å². The van der Waals surface area contributed by atoms with Crippen molar-refractivity contribution in [2.75, 3.05) is 0 Å². The third-order valence-corrected chi connectivity index (χ3v) is 4.45. The average molecular weight is 316 g/mol. The fourth-order valence-corrected chi connectivity index (χ4v) is 3.05. The van der Waals surface area contributed by atoms with Crippen LogP contribution in [0.3, 0.4) is 0 Å². The Balaban J connectivity index is 1.60. The minimum atomic E-state index is 0.305. The first kappa shape index (κ1) is 14.8. The second-order valence-corrected chi connectivity index (χ2v) is 6.60. The monoisotopic (exact) mass is 316 g/mol. The summed E-state index contributed by atoms with van der Waals surface area (Å²) in [6.45, 7) is 6.33. The molecule has 4 rings (SSSR count). The number of aliphatic imine (C=N–C) groups is 1. The number of benzene rings is 2. The van der Waals surface area contributed by atoms with Crippen LogP contribution in [0.4, 0.5) is 0 Å². The van der Waals surface area contributed by atoms with Crippen LogP contribution >= 0.6 is 0 Å². The van der Waals surface area contributed by atoms with Crippen LogP contribution in [0.25, 0.3) is 16.6 Å². The number of aromatic nitrogens is 3. The number of fused-ring (bicyclic) bond motifs is 1. The van der Waals surface area contributed by atoms with E-state index in [1.165, 1.54) is 16.7 Å². The predicted molar refractivity (Wildman–Crippen MR) is 98.2 cm³/mol. The Morgan fingerprint density at radius 1 is 1.00 bits per heavy atom. The van der Waals surface area contributed by atoms with Crippen LogP contribution in [0.15, 0.2) is 53.7 Å². The molecule has 0 saturated carbocycles. The molecular formula is C20H20N4. The first-order chi connectivity index (χ1) is 11.6. The maximum absolute atomic E-state index is 4.63. The molecule has 0 saturated heterocycles. The molecular weight excluding hydrogens is 296 g/mol. The number of aryl methyl sites for hydroxylation is 1. The average Bonchev–Trinajstić information content (AvgIpc) is 3.22. The molecule has 4 heteroatoms. The van der Waals surface area contributed by atoms with Gasteiger partial charge in [0.15, 0.2) is 0 Å². The summed E-state index contributed by atoms with van der Waals surface area (Å²) in [5, 5.41) is 8.55. The second-order valence-electron chi connectivity index (χ2n) is 6.60. The van der Waals surface area contributed by atoms with Crippen molar-refractivity contribution < 1.29 is 0 Å². The summed E-state index contributed by atoms with van der Waals surface area (Å²) in [4.78, 5) is 4.63. The number of hydrogen-bond donors (Lipinski definition) is 0. The first-order valence-corrected chi connectivity index (χ1v) is 8.30. The van der Waals surface area contributed by atoms with Gasteiger partial charge in [0.25, 0.3) is 0 Å². The van der Waals surface area contributed by atoms with Crippen LogP contribution in [0.2, 0.25) is 0 Å². The standard InChI is InChI=1S/C20H20N4/c1-13(2)24-20-9-8-16(10-19(20)22-23-24)18-11-17(12-21-18)15-6-4-14(3)5-7-15/h4-10,12-13H,11H2,1-3H3. The molecule has 4 nitrogen and oxygen atoms in total. The Morgan fingerprint density at radius 3 is 2.50 bits per heavy atom. The summed E-state index contributed by atoms with van der Waals surface area (Å²) < 4.78 is 1.95. The molecule has 1 aliphatic heterocycles. The van der Waals surface area contributed by atoms with Crippen LogP contribution in [-0.4, -0.2) is 20.7 Å². The van der Waals surface area contributed by atoms with Gasteiger partial charge in [-0.2, -0.15) is 0 Å². The van der Waals surface area contributed by atoms with Crippen LogP contribution in [0.5, 0.6) is 0 Å². The molecule has 0 atom stereocenters. The molecule has 3 aromatic rings. The minimum Gasteiger partial charge on any atom is -0.260 e. The van der Waals surface area contributed by atoms with Gasteiger partial charge in [0, 0.05) is 18.7 Å². The number of nitrogens with zero attached hydrogens (tertiary/aromatic N) is 4. The van der Waals surface area contributed by atoms with Crippen molar-refractivity contribution in [2.45, 2.75) is 33.2 Å². The molecule has 24 heavy (non-hydrogen) atoms. The Bertz CT molecular complexity index is 959. The van der Waals surface area contributed by atoms with Gasteiger partial charge in [0.05, 0.1) is 11.2 Å². The van der Waals surface area contributed by atoms with Crippen molar-refractivity contribution in [3.05, 3.63) is 65.4 Å². The van der Waals surface area contributed by atoms with Crippen molar-refractivity contribution in [1.29, 1.82) is 0 Å². The van der Waals surface area contributed by atoms with Crippen LogP contribution in [0, 0.1) is 6.92 Å². The molecule has 1 aliphatic rings. The summed E-state index contributed by atoms with van der Waals surface area (Å²) >= 11 is 0. The highest BCUT2D eigenvalue weighted by Crippen LogP contribution is 2.27. The number of allylic oxidation sites excluding steroid dienone is 1. The minimum absolute atomic E-state index is 0.305. The van der Waals surface area contributed by atoms with Gasteiger partial charge in [-0.05, 0) is 49.6 Å². The lowest BCUT2D eigenvalue weighted by Crippen LogP contribution is -2.03. The zero-order chi connectivity index (χ0) is 16.7. The SMILES string of the molecule is Cc1ccc(C2=CN=C(c3ccc4c(c3)nnn4C(C)C)C2)cc1. The maximum atomic E-state index is 4.63. The van der Waals surface area contributed by atoms with Crippen molar-refractivity contribution in [1.82, 2.24) is 15.0 Å². The van der Waals surface area contributed by atoms with E-state index in [4.69, 9.17) is 0 Å². The van der Waals surface area contributed by atoms with Gasteiger partial charge in [-0.15, -0.1) is 5.10 Å². The molecule has 0 spiro atoms. The first-order valence-electron chi connectivity index (χ1n) is 8.30. The van der Waals surface area contributed by atoms with E-state index >= 15 is 0 Å². The molecule has 1 aromatic heterocycles. The van der Waals surface area contributed by atoms with Crippen LogP contribution < -0.4 is 0 Å². The molecule has 0 N–H and O–H groups in total. The van der Waals surface area contributed by atoms with Crippen molar-refractivity contribution in [2.24, 2.45) is 4.99 Å². The molecule has 0 fully saturated rings. The lowest BCUT2D eigenvalue weighted by Gasteiger charge is -2.07. The fraction of sp³-hybridized carbons (Fsp3) is 0.250. The lowest BCUT2D eigenvalue weighted by molar-refractivity contribution is 0.530. The van der Waals surface area contributed by atoms with Gasteiger partial charge in [-0.3, -0.25) is 4.99 Å². The predicted octanol–water partition coefficient (Wildman–Crippen LogP) is 4.55. The zero-order valence-electron chi connectivity index (χ0n) is 14.2. The third kappa shape index (κ3) is 2.54. The fourth-order valence-electron chi connectivity index (χ4n) is 3.05. The quantitative estimate of drug-likeness (QED) is 0.711. The van der Waals surface area contributed by atoms with Gasteiger partial charge in [0.2, 0.25) is 0 Å². The maximum Gasteiger partial charge on any atom is 0.113 e. The summed E-state index contributed by atoms with van der Waals surface area (Å²) in [5.74, 6) is 0. The van der Waals surface area contributed by atoms with E-state index in [2.05, 4.69) is 78.5 Å². The molecule has 0 radical (unpaired) electrons. The lowest BCUT2D eigenvalue weighted by atomic mass is 9.98. The van der Waals surface area contributed by atoms with Gasteiger partial charge < -0.3 is 0 Å². The van der Waals surface area contributed by atoms with E-state index in [9.17, 15) is 0 Å². The molecule has 120 valence electrons. The number of hydrogen-bond acceptors (Lipinski definition) is 3. The summed E-state index contributed by atoms with van der Waals surface area (Å²) in [7, 11) is 0. The second kappa shape index (κ2) is 5.71. The number of rotatable bonds is 3. The Hall–Kier alpha value is -2.75. The van der Waals surface area contributed by atoms with E-state index in [0.717, 1.165) is 28.7 Å². The molecule has 2 aromatic carbocycles. The largest absolute Gasteiger partial charge is 0.260 e. The molecule has 0 bridgehead atoms. The Morgan fingerprint density at radius 2 is 1.75 bits per heavy atom. The summed E-state index contributed by atoms with van der Waals surface area (Å²) in [5.41, 5.74) is 7.98. The van der Waals surface area contributed by atoms with Gasteiger partial charge in [-0.25, -0.2) is 4.68 Å². The topological polar surface area (TPSA) is 43.1 Å². The normalized spacial score (nSPS) is 14.3. The van der Waals surface area contributed by atoms with Gasteiger partial charge >= 0.3 is 0 Å². The zero-order valence-corrected chi connectivity index (χ0v) is 14.2. The van der Waals surface area contributed by atoms with E-state index < -0.39 is 0 Å². The van der Waals surface area contributed by atoms with E-state index in [0.29, 0.717) is 6.04 Å².